The Bertz CT molecular complexity index is 1140. The molecule has 5 N–H and O–H groups in total. The molecular formula is C66H127NO5. The van der Waals surface area contributed by atoms with Crippen molar-refractivity contribution in [2.24, 2.45) is 0 Å². The highest BCUT2D eigenvalue weighted by atomic mass is 16.3. The summed E-state index contributed by atoms with van der Waals surface area (Å²) in [7, 11) is 0. The van der Waals surface area contributed by atoms with Crippen LogP contribution < -0.4 is 5.32 Å². The van der Waals surface area contributed by atoms with Gasteiger partial charge in [0.15, 0.2) is 0 Å². The summed E-state index contributed by atoms with van der Waals surface area (Å²) < 4.78 is 0. The van der Waals surface area contributed by atoms with E-state index < -0.39 is 36.9 Å². The van der Waals surface area contributed by atoms with Crippen molar-refractivity contribution in [3.63, 3.8) is 0 Å². The van der Waals surface area contributed by atoms with Gasteiger partial charge in [-0.2, -0.15) is 0 Å². The van der Waals surface area contributed by atoms with E-state index in [0.29, 0.717) is 19.3 Å². The van der Waals surface area contributed by atoms with Crippen LogP contribution in [0.3, 0.4) is 0 Å². The molecule has 0 aliphatic heterocycles. The van der Waals surface area contributed by atoms with Crippen LogP contribution in [0.4, 0.5) is 0 Å². The smallest absolute Gasteiger partial charge is 0.249 e. The van der Waals surface area contributed by atoms with E-state index in [-0.39, 0.29) is 0 Å². The SMILES string of the molecule is CCCCCCCCCCCCCC/C=C\CCCCCCCCCCCCCCCC(O)C(=O)NC(CO)C(O)C(O)CCC/C=C/CC/C=C/CCCCCCCCCCCCCCCCCCCC. The average molecular weight is 1010 g/mol. The molecule has 72 heavy (non-hydrogen) atoms. The van der Waals surface area contributed by atoms with Crippen LogP contribution in [0.2, 0.25) is 0 Å². The molecule has 0 aromatic carbocycles. The lowest BCUT2D eigenvalue weighted by molar-refractivity contribution is -0.132. The van der Waals surface area contributed by atoms with Crippen molar-refractivity contribution in [3.05, 3.63) is 36.5 Å². The zero-order valence-corrected chi connectivity index (χ0v) is 48.4. The summed E-state index contributed by atoms with van der Waals surface area (Å²) in [5, 5.41) is 44.1. The first-order valence-corrected chi connectivity index (χ1v) is 32.4. The van der Waals surface area contributed by atoms with Gasteiger partial charge in [-0.25, -0.2) is 0 Å². The van der Waals surface area contributed by atoms with Crippen molar-refractivity contribution in [1.82, 2.24) is 5.32 Å². The minimum absolute atomic E-state index is 0.361. The van der Waals surface area contributed by atoms with Gasteiger partial charge in [0, 0.05) is 0 Å². The second-order valence-corrected chi connectivity index (χ2v) is 22.4. The van der Waals surface area contributed by atoms with Crippen molar-refractivity contribution in [3.8, 4) is 0 Å². The Hall–Kier alpha value is -1.47. The molecule has 0 rings (SSSR count). The van der Waals surface area contributed by atoms with Crippen LogP contribution in [0.25, 0.3) is 0 Å². The van der Waals surface area contributed by atoms with E-state index in [9.17, 15) is 25.2 Å². The number of hydrogen-bond acceptors (Lipinski definition) is 5. The Labute approximate surface area is 449 Å². The zero-order valence-electron chi connectivity index (χ0n) is 48.4. The average Bonchev–Trinajstić information content (AvgIpc) is 3.39. The number of aliphatic hydroxyl groups excluding tert-OH is 4. The Morgan fingerprint density at radius 1 is 0.333 bits per heavy atom. The van der Waals surface area contributed by atoms with Gasteiger partial charge in [-0.15, -0.1) is 0 Å². The van der Waals surface area contributed by atoms with Crippen LogP contribution in [0.1, 0.15) is 348 Å². The van der Waals surface area contributed by atoms with Gasteiger partial charge in [-0.1, -0.05) is 307 Å². The molecule has 4 unspecified atom stereocenters. The number of rotatable bonds is 60. The molecular weight excluding hydrogens is 887 g/mol. The summed E-state index contributed by atoms with van der Waals surface area (Å²) >= 11 is 0. The summed E-state index contributed by atoms with van der Waals surface area (Å²) in [6.45, 7) is 4.09. The van der Waals surface area contributed by atoms with Crippen molar-refractivity contribution >= 4 is 5.91 Å². The summed E-state index contributed by atoms with van der Waals surface area (Å²) in [6.07, 6.45) is 76.8. The van der Waals surface area contributed by atoms with Crippen molar-refractivity contribution in [2.45, 2.75) is 372 Å². The lowest BCUT2D eigenvalue weighted by atomic mass is 10.00. The highest BCUT2D eigenvalue weighted by molar-refractivity contribution is 5.80. The van der Waals surface area contributed by atoms with E-state index in [4.69, 9.17) is 0 Å². The number of amides is 1. The van der Waals surface area contributed by atoms with E-state index in [0.717, 1.165) is 38.5 Å². The summed E-state index contributed by atoms with van der Waals surface area (Å²) in [6, 6.07) is -1.01. The van der Waals surface area contributed by atoms with Crippen LogP contribution in [0.5, 0.6) is 0 Å². The number of carbonyl (C=O) groups is 1. The molecule has 4 atom stereocenters. The van der Waals surface area contributed by atoms with Crippen molar-refractivity contribution < 1.29 is 25.2 Å². The van der Waals surface area contributed by atoms with Gasteiger partial charge in [0.1, 0.15) is 12.2 Å². The second-order valence-electron chi connectivity index (χ2n) is 22.4. The first-order chi connectivity index (χ1) is 35.5. The standard InChI is InChI=1S/C66H127NO5/c1-3-5-7-9-11-13-15-17-19-21-23-25-27-29-31-32-34-36-38-40-42-44-46-48-50-52-54-56-58-60-64(70)66(72)67-62(61-68)65(71)63(69)59-57-55-53-51-49-47-45-43-41-39-37-35-33-30-28-26-24-22-20-18-16-14-12-10-8-6-4-2/h29,31,43,45,51,53,62-65,68-71H,3-28,30,32-42,44,46-50,52,54-61H2,1-2H3,(H,67,72)/b31-29-,45-43+,53-51+. The van der Waals surface area contributed by atoms with Gasteiger partial charge < -0.3 is 25.7 Å². The maximum atomic E-state index is 12.6. The third-order valence-corrected chi connectivity index (χ3v) is 15.3. The van der Waals surface area contributed by atoms with Crippen LogP contribution >= 0.6 is 0 Å². The molecule has 0 radical (unpaired) electrons. The van der Waals surface area contributed by atoms with E-state index in [2.05, 4.69) is 55.6 Å². The quantitative estimate of drug-likeness (QED) is 0.0308. The molecule has 0 aliphatic carbocycles. The number of hydrogen-bond donors (Lipinski definition) is 5. The predicted molar refractivity (Wildman–Crippen MR) is 316 cm³/mol. The molecule has 6 nitrogen and oxygen atoms in total. The molecule has 0 aliphatic rings. The number of allylic oxidation sites excluding steroid dienone is 6. The van der Waals surface area contributed by atoms with E-state index in [1.165, 1.54) is 276 Å². The number of carbonyl (C=O) groups excluding carboxylic acids is 1. The Morgan fingerprint density at radius 3 is 0.875 bits per heavy atom. The first-order valence-electron chi connectivity index (χ1n) is 32.4. The van der Waals surface area contributed by atoms with Gasteiger partial charge >= 0.3 is 0 Å². The third-order valence-electron chi connectivity index (χ3n) is 15.3. The minimum Gasteiger partial charge on any atom is -0.394 e. The molecule has 1 amide bonds. The number of aliphatic hydroxyl groups is 4. The Morgan fingerprint density at radius 2 is 0.583 bits per heavy atom. The zero-order chi connectivity index (χ0) is 52.3. The summed E-state index contributed by atoms with van der Waals surface area (Å²) in [4.78, 5) is 12.6. The fourth-order valence-corrected chi connectivity index (χ4v) is 10.2. The van der Waals surface area contributed by atoms with E-state index >= 15 is 0 Å². The van der Waals surface area contributed by atoms with Gasteiger partial charge in [0.25, 0.3) is 0 Å². The molecule has 0 fully saturated rings. The Balaban J connectivity index is 3.62. The van der Waals surface area contributed by atoms with Crippen LogP contribution in [0.15, 0.2) is 36.5 Å². The van der Waals surface area contributed by atoms with E-state index in [1.807, 2.05) is 0 Å². The van der Waals surface area contributed by atoms with Crippen molar-refractivity contribution in [1.29, 1.82) is 0 Å². The number of unbranched alkanes of at least 4 members (excludes halogenated alkanes) is 45. The highest BCUT2D eigenvalue weighted by Crippen LogP contribution is 2.18. The molecule has 6 heteroatoms. The highest BCUT2D eigenvalue weighted by Gasteiger charge is 2.28. The lowest BCUT2D eigenvalue weighted by Gasteiger charge is -2.27. The monoisotopic (exact) mass is 1010 g/mol. The fraction of sp³-hybridized carbons (Fsp3) is 0.894. The van der Waals surface area contributed by atoms with Crippen LogP contribution in [-0.4, -0.2) is 57.3 Å². The summed E-state index contributed by atoms with van der Waals surface area (Å²) in [5.41, 5.74) is 0. The molecule has 0 aromatic rings. The topological polar surface area (TPSA) is 110 Å². The molecule has 0 aromatic heterocycles. The van der Waals surface area contributed by atoms with Gasteiger partial charge in [0.05, 0.1) is 18.8 Å². The molecule has 0 bridgehead atoms. The van der Waals surface area contributed by atoms with E-state index in [1.54, 1.807) is 0 Å². The molecule has 0 saturated heterocycles. The van der Waals surface area contributed by atoms with Crippen LogP contribution in [0, 0.1) is 0 Å². The number of nitrogens with one attached hydrogen (secondary N) is 1. The maximum Gasteiger partial charge on any atom is 0.249 e. The van der Waals surface area contributed by atoms with Crippen LogP contribution in [-0.2, 0) is 4.79 Å². The van der Waals surface area contributed by atoms with Gasteiger partial charge in [0.2, 0.25) is 5.91 Å². The maximum absolute atomic E-state index is 12.6. The van der Waals surface area contributed by atoms with Crippen molar-refractivity contribution in [2.75, 3.05) is 6.61 Å². The molecule has 0 spiro atoms. The second kappa shape index (κ2) is 60.4. The van der Waals surface area contributed by atoms with Gasteiger partial charge in [-0.3, -0.25) is 4.79 Å². The third kappa shape index (κ3) is 53.4. The normalized spacial score (nSPS) is 13.8. The summed E-state index contributed by atoms with van der Waals surface area (Å²) in [5.74, 6) is -0.593. The molecule has 426 valence electrons. The Kier molecular flexibility index (Phi) is 59.2. The lowest BCUT2D eigenvalue weighted by Crippen LogP contribution is -2.53. The largest absolute Gasteiger partial charge is 0.394 e. The minimum atomic E-state index is -1.29. The van der Waals surface area contributed by atoms with Gasteiger partial charge in [-0.05, 0) is 77.0 Å². The fourth-order valence-electron chi connectivity index (χ4n) is 10.2. The molecule has 0 saturated carbocycles. The molecule has 0 heterocycles. The predicted octanol–water partition coefficient (Wildman–Crippen LogP) is 19.5. The first kappa shape index (κ1) is 70.5.